The zero-order chi connectivity index (χ0) is 10.9. The van der Waals surface area contributed by atoms with Crippen molar-refractivity contribution in [2.45, 2.75) is 37.5 Å². The van der Waals surface area contributed by atoms with Crippen molar-refractivity contribution in [3.8, 4) is 0 Å². The lowest BCUT2D eigenvalue weighted by molar-refractivity contribution is 0.748. The largest absolute Gasteiger partial charge is 0.126 e. The molecular formula is C14H20S. The van der Waals surface area contributed by atoms with Crippen LogP contribution in [0.4, 0.5) is 0 Å². The maximum Gasteiger partial charge on any atom is 0.00720 e. The van der Waals surface area contributed by atoms with E-state index in [0.29, 0.717) is 0 Å². The molecular weight excluding hydrogens is 200 g/mol. The van der Waals surface area contributed by atoms with Crippen molar-refractivity contribution in [2.75, 3.05) is 5.75 Å². The highest BCUT2D eigenvalue weighted by atomic mass is 32.2. The average molecular weight is 220 g/mol. The number of hydrogen-bond acceptors (Lipinski definition) is 1. The average Bonchev–Trinajstić information content (AvgIpc) is 2.27. The predicted octanol–water partition coefficient (Wildman–Crippen LogP) is 4.70. The van der Waals surface area contributed by atoms with E-state index >= 15 is 0 Å². The summed E-state index contributed by atoms with van der Waals surface area (Å²) in [5, 5.41) is 0. The predicted molar refractivity (Wildman–Crippen MR) is 70.6 cm³/mol. The molecule has 0 atom stereocenters. The van der Waals surface area contributed by atoms with Crippen LogP contribution in [0.5, 0.6) is 0 Å². The van der Waals surface area contributed by atoms with Crippen LogP contribution in [0.2, 0.25) is 0 Å². The topological polar surface area (TPSA) is 0 Å². The minimum absolute atomic E-state index is 1.14. The Morgan fingerprint density at radius 3 is 2.53 bits per heavy atom. The van der Waals surface area contributed by atoms with Gasteiger partial charge in [0.1, 0.15) is 0 Å². The first-order valence-electron chi connectivity index (χ1n) is 5.69. The summed E-state index contributed by atoms with van der Waals surface area (Å²) in [5.41, 5.74) is 1.46. The number of thioether (sulfide) groups is 1. The summed E-state index contributed by atoms with van der Waals surface area (Å²) in [6.45, 7) is 5.92. The van der Waals surface area contributed by atoms with Gasteiger partial charge in [-0.15, -0.1) is 18.3 Å². The Balaban J connectivity index is 2.32. The lowest BCUT2D eigenvalue weighted by atomic mass is 10.1. The monoisotopic (exact) mass is 220 g/mol. The highest BCUT2D eigenvalue weighted by molar-refractivity contribution is 7.99. The molecule has 0 aliphatic rings. The molecule has 1 aromatic rings. The van der Waals surface area contributed by atoms with E-state index in [4.69, 9.17) is 0 Å². The Kier molecular flexibility index (Phi) is 6.26. The maximum absolute atomic E-state index is 3.73. The fourth-order valence-corrected chi connectivity index (χ4v) is 2.20. The lowest BCUT2D eigenvalue weighted by Crippen LogP contribution is -1.85. The number of unbranched alkanes of at least 4 members (excludes halogenated alkanes) is 2. The first-order chi connectivity index (χ1) is 7.36. The quantitative estimate of drug-likeness (QED) is 0.365. The second-order valence-electron chi connectivity index (χ2n) is 3.61. The number of hydrogen-bond donors (Lipinski definition) is 0. The van der Waals surface area contributed by atoms with Crippen molar-refractivity contribution < 1.29 is 0 Å². The SMILES string of the molecule is C=CCCCCc1ccc(SCC)cc1. The van der Waals surface area contributed by atoms with Crippen LogP contribution in [0.1, 0.15) is 31.7 Å². The molecule has 0 N–H and O–H groups in total. The Labute approximate surface area is 97.8 Å². The van der Waals surface area contributed by atoms with Crippen LogP contribution in [0.3, 0.4) is 0 Å². The van der Waals surface area contributed by atoms with E-state index in [-0.39, 0.29) is 0 Å². The molecule has 0 heterocycles. The molecule has 15 heavy (non-hydrogen) atoms. The molecule has 0 amide bonds. The second-order valence-corrected chi connectivity index (χ2v) is 4.95. The van der Waals surface area contributed by atoms with Crippen LogP contribution in [0.25, 0.3) is 0 Å². The second kappa shape index (κ2) is 7.58. The minimum Gasteiger partial charge on any atom is -0.126 e. The number of allylic oxidation sites excluding steroid dienone is 1. The van der Waals surface area contributed by atoms with Gasteiger partial charge in [0.05, 0.1) is 0 Å². The summed E-state index contributed by atoms with van der Waals surface area (Å²) < 4.78 is 0. The third-order valence-electron chi connectivity index (χ3n) is 2.36. The van der Waals surface area contributed by atoms with Gasteiger partial charge in [-0.2, -0.15) is 0 Å². The molecule has 0 aliphatic carbocycles. The van der Waals surface area contributed by atoms with Gasteiger partial charge in [0.15, 0.2) is 0 Å². The zero-order valence-electron chi connectivity index (χ0n) is 9.54. The Bertz CT molecular complexity index is 274. The van der Waals surface area contributed by atoms with Crippen LogP contribution in [-0.4, -0.2) is 5.75 Å². The summed E-state index contributed by atoms with van der Waals surface area (Å²) in [6.07, 6.45) is 6.87. The van der Waals surface area contributed by atoms with Crippen molar-refractivity contribution in [3.63, 3.8) is 0 Å². The van der Waals surface area contributed by atoms with E-state index in [1.807, 2.05) is 17.8 Å². The van der Waals surface area contributed by atoms with E-state index in [2.05, 4.69) is 37.8 Å². The zero-order valence-corrected chi connectivity index (χ0v) is 10.4. The van der Waals surface area contributed by atoms with Crippen LogP contribution in [0, 0.1) is 0 Å². The first-order valence-corrected chi connectivity index (χ1v) is 6.68. The molecule has 0 unspecified atom stereocenters. The molecule has 0 aliphatic heterocycles. The number of benzene rings is 1. The first kappa shape index (κ1) is 12.4. The molecule has 0 saturated carbocycles. The summed E-state index contributed by atoms with van der Waals surface area (Å²) in [7, 11) is 0. The van der Waals surface area contributed by atoms with Gasteiger partial charge >= 0.3 is 0 Å². The van der Waals surface area contributed by atoms with Gasteiger partial charge in [0.2, 0.25) is 0 Å². The maximum atomic E-state index is 3.73. The Morgan fingerprint density at radius 1 is 1.20 bits per heavy atom. The minimum atomic E-state index is 1.14. The summed E-state index contributed by atoms with van der Waals surface area (Å²) >= 11 is 1.90. The molecule has 0 saturated heterocycles. The van der Waals surface area contributed by atoms with Crippen molar-refractivity contribution in [1.29, 1.82) is 0 Å². The highest BCUT2D eigenvalue weighted by Gasteiger charge is 1.94. The van der Waals surface area contributed by atoms with Gasteiger partial charge in [0.25, 0.3) is 0 Å². The molecule has 82 valence electrons. The van der Waals surface area contributed by atoms with Gasteiger partial charge < -0.3 is 0 Å². The van der Waals surface area contributed by atoms with Gasteiger partial charge in [0, 0.05) is 4.90 Å². The fraction of sp³-hybridized carbons (Fsp3) is 0.429. The molecule has 1 aromatic carbocycles. The summed E-state index contributed by atoms with van der Waals surface area (Å²) in [5.74, 6) is 1.15. The van der Waals surface area contributed by atoms with E-state index in [0.717, 1.165) is 12.2 Å². The lowest BCUT2D eigenvalue weighted by Gasteiger charge is -2.02. The Hall–Kier alpha value is -0.690. The standard InChI is InChI=1S/C14H20S/c1-3-5-6-7-8-13-9-11-14(12-10-13)15-4-2/h3,9-12H,1,4-8H2,2H3. The molecule has 0 spiro atoms. The van der Waals surface area contributed by atoms with Gasteiger partial charge in [-0.25, -0.2) is 0 Å². The summed E-state index contributed by atoms with van der Waals surface area (Å²) in [6, 6.07) is 8.98. The van der Waals surface area contributed by atoms with E-state index in [9.17, 15) is 0 Å². The molecule has 0 radical (unpaired) electrons. The third kappa shape index (κ3) is 5.08. The van der Waals surface area contributed by atoms with Crippen LogP contribution < -0.4 is 0 Å². The van der Waals surface area contributed by atoms with Crippen molar-refractivity contribution in [1.82, 2.24) is 0 Å². The van der Waals surface area contributed by atoms with E-state index in [1.54, 1.807) is 0 Å². The van der Waals surface area contributed by atoms with E-state index in [1.165, 1.54) is 29.7 Å². The van der Waals surface area contributed by atoms with Gasteiger partial charge in [-0.1, -0.05) is 25.1 Å². The normalized spacial score (nSPS) is 10.2. The van der Waals surface area contributed by atoms with Crippen LogP contribution >= 0.6 is 11.8 Å². The molecule has 0 bridgehead atoms. The van der Waals surface area contributed by atoms with Crippen molar-refractivity contribution in [2.24, 2.45) is 0 Å². The molecule has 1 rings (SSSR count). The van der Waals surface area contributed by atoms with E-state index < -0.39 is 0 Å². The number of rotatable bonds is 7. The van der Waals surface area contributed by atoms with Crippen molar-refractivity contribution in [3.05, 3.63) is 42.5 Å². The number of aryl methyl sites for hydroxylation is 1. The van der Waals surface area contributed by atoms with Crippen LogP contribution in [-0.2, 0) is 6.42 Å². The fourth-order valence-electron chi connectivity index (χ4n) is 1.54. The summed E-state index contributed by atoms with van der Waals surface area (Å²) in [4.78, 5) is 1.38. The smallest absolute Gasteiger partial charge is 0.00720 e. The highest BCUT2D eigenvalue weighted by Crippen LogP contribution is 2.18. The molecule has 0 nitrogen and oxygen atoms in total. The van der Waals surface area contributed by atoms with Crippen LogP contribution in [0.15, 0.2) is 41.8 Å². The molecule has 0 fully saturated rings. The molecule has 0 aromatic heterocycles. The third-order valence-corrected chi connectivity index (χ3v) is 3.25. The van der Waals surface area contributed by atoms with Crippen molar-refractivity contribution >= 4 is 11.8 Å². The Morgan fingerprint density at radius 2 is 1.93 bits per heavy atom. The van der Waals surface area contributed by atoms with Gasteiger partial charge in [-0.05, 0) is 49.1 Å². The molecule has 1 heteroatoms. The van der Waals surface area contributed by atoms with Gasteiger partial charge in [-0.3, -0.25) is 0 Å².